The van der Waals surface area contributed by atoms with Crippen molar-refractivity contribution < 1.29 is 9.53 Å². The van der Waals surface area contributed by atoms with Crippen molar-refractivity contribution in [3.05, 3.63) is 0 Å². The zero-order valence-corrected chi connectivity index (χ0v) is 9.64. The summed E-state index contributed by atoms with van der Waals surface area (Å²) < 4.78 is 5.46. The molecule has 82 valence electrons. The van der Waals surface area contributed by atoms with Crippen LogP contribution in [0.1, 0.15) is 46.5 Å². The third kappa shape index (κ3) is 3.79. The molecule has 1 saturated carbocycles. The molecule has 0 unspecified atom stereocenters. The lowest BCUT2D eigenvalue weighted by Crippen LogP contribution is -2.25. The fourth-order valence-electron chi connectivity index (χ4n) is 1.71. The molecule has 0 N–H and O–H groups in total. The Kier molecular flexibility index (Phi) is 4.11. The standard InChI is InChI=1S/C12H22O2/c1-12(2,3)11(13)9-14-8-10-6-4-5-7-10/h10H,4-9H2,1-3H3. The van der Waals surface area contributed by atoms with Crippen LogP contribution >= 0.6 is 0 Å². The van der Waals surface area contributed by atoms with E-state index in [0.717, 1.165) is 6.61 Å². The highest BCUT2D eigenvalue weighted by atomic mass is 16.5. The smallest absolute Gasteiger partial charge is 0.163 e. The normalized spacial score (nSPS) is 18.8. The van der Waals surface area contributed by atoms with Crippen LogP contribution in [0, 0.1) is 11.3 Å². The van der Waals surface area contributed by atoms with Gasteiger partial charge in [-0.1, -0.05) is 33.6 Å². The van der Waals surface area contributed by atoms with Crippen LogP contribution in [0.4, 0.5) is 0 Å². The minimum absolute atomic E-state index is 0.204. The second kappa shape index (κ2) is 4.92. The summed E-state index contributed by atoms with van der Waals surface area (Å²) >= 11 is 0. The van der Waals surface area contributed by atoms with E-state index in [1.54, 1.807) is 0 Å². The fraction of sp³-hybridized carbons (Fsp3) is 0.917. The Labute approximate surface area is 87.0 Å². The maximum Gasteiger partial charge on any atom is 0.163 e. The van der Waals surface area contributed by atoms with Gasteiger partial charge in [-0.15, -0.1) is 0 Å². The van der Waals surface area contributed by atoms with Gasteiger partial charge in [-0.3, -0.25) is 4.79 Å². The highest BCUT2D eigenvalue weighted by Gasteiger charge is 2.22. The van der Waals surface area contributed by atoms with Gasteiger partial charge in [-0.05, 0) is 18.8 Å². The molecule has 0 spiro atoms. The van der Waals surface area contributed by atoms with Crippen LogP contribution in [0.25, 0.3) is 0 Å². The molecule has 0 atom stereocenters. The molecule has 0 heterocycles. The quantitative estimate of drug-likeness (QED) is 0.694. The Morgan fingerprint density at radius 2 is 1.86 bits per heavy atom. The van der Waals surface area contributed by atoms with Crippen molar-refractivity contribution in [2.75, 3.05) is 13.2 Å². The molecule has 2 nitrogen and oxygen atoms in total. The van der Waals surface area contributed by atoms with E-state index in [2.05, 4.69) is 0 Å². The van der Waals surface area contributed by atoms with Crippen LogP contribution in [0.5, 0.6) is 0 Å². The SMILES string of the molecule is CC(C)(C)C(=O)COCC1CCCC1. The van der Waals surface area contributed by atoms with Gasteiger partial charge < -0.3 is 4.74 Å². The summed E-state index contributed by atoms with van der Waals surface area (Å²) in [5.74, 6) is 0.915. The summed E-state index contributed by atoms with van der Waals surface area (Å²) in [6.45, 7) is 6.89. The molecule has 0 aromatic rings. The number of rotatable bonds is 4. The van der Waals surface area contributed by atoms with Crippen molar-refractivity contribution in [1.29, 1.82) is 0 Å². The number of hydrogen-bond acceptors (Lipinski definition) is 2. The summed E-state index contributed by atoms with van der Waals surface area (Å²) in [5, 5.41) is 0. The predicted octanol–water partition coefficient (Wildman–Crippen LogP) is 2.81. The van der Waals surface area contributed by atoms with Crippen molar-refractivity contribution in [2.24, 2.45) is 11.3 Å². The number of Topliss-reactive ketones (excluding diaryl/α,β-unsaturated/α-hetero) is 1. The molecule has 0 radical (unpaired) electrons. The van der Waals surface area contributed by atoms with Crippen molar-refractivity contribution in [1.82, 2.24) is 0 Å². The van der Waals surface area contributed by atoms with Crippen molar-refractivity contribution >= 4 is 5.78 Å². The first-order valence-corrected chi connectivity index (χ1v) is 5.61. The molecule has 0 aromatic heterocycles. The summed E-state index contributed by atoms with van der Waals surface area (Å²) in [6.07, 6.45) is 5.23. The largest absolute Gasteiger partial charge is 0.373 e. The van der Waals surface area contributed by atoms with E-state index in [4.69, 9.17) is 4.74 Å². The molecule has 14 heavy (non-hydrogen) atoms. The zero-order valence-electron chi connectivity index (χ0n) is 9.64. The third-order valence-electron chi connectivity index (χ3n) is 2.90. The van der Waals surface area contributed by atoms with E-state index in [1.165, 1.54) is 25.7 Å². The van der Waals surface area contributed by atoms with E-state index in [0.29, 0.717) is 12.5 Å². The molecule has 1 rings (SSSR count). The zero-order chi connectivity index (χ0) is 10.6. The van der Waals surface area contributed by atoms with Crippen LogP contribution in [0.15, 0.2) is 0 Å². The average Bonchev–Trinajstić information content (AvgIpc) is 2.55. The van der Waals surface area contributed by atoms with Gasteiger partial charge in [-0.2, -0.15) is 0 Å². The third-order valence-corrected chi connectivity index (χ3v) is 2.90. The molecular formula is C12H22O2. The lowest BCUT2D eigenvalue weighted by Gasteiger charge is -2.17. The van der Waals surface area contributed by atoms with Gasteiger partial charge in [0.15, 0.2) is 5.78 Å². The van der Waals surface area contributed by atoms with E-state index >= 15 is 0 Å². The molecule has 2 heteroatoms. The Balaban J connectivity index is 2.11. The first-order valence-electron chi connectivity index (χ1n) is 5.61. The number of ether oxygens (including phenoxy) is 1. The van der Waals surface area contributed by atoms with Crippen LogP contribution in [0.2, 0.25) is 0 Å². The molecule has 0 amide bonds. The molecule has 1 fully saturated rings. The number of ketones is 1. The molecule has 0 saturated heterocycles. The van der Waals surface area contributed by atoms with Gasteiger partial charge in [0, 0.05) is 12.0 Å². The Bertz CT molecular complexity index is 185. The molecular weight excluding hydrogens is 176 g/mol. The molecule has 1 aliphatic rings. The lowest BCUT2D eigenvalue weighted by atomic mass is 9.91. The number of carbonyl (C=O) groups excluding carboxylic acids is 1. The van der Waals surface area contributed by atoms with Crippen LogP contribution in [-0.2, 0) is 9.53 Å². The van der Waals surface area contributed by atoms with Gasteiger partial charge in [0.1, 0.15) is 6.61 Å². The second-order valence-corrected chi connectivity index (χ2v) is 5.34. The van der Waals surface area contributed by atoms with Crippen LogP contribution in [-0.4, -0.2) is 19.0 Å². The summed E-state index contributed by atoms with van der Waals surface area (Å²) in [4.78, 5) is 11.5. The topological polar surface area (TPSA) is 26.3 Å². The van der Waals surface area contributed by atoms with Gasteiger partial charge in [0.2, 0.25) is 0 Å². The number of hydrogen-bond donors (Lipinski definition) is 0. The molecule has 1 aliphatic carbocycles. The maximum absolute atomic E-state index is 11.5. The average molecular weight is 198 g/mol. The maximum atomic E-state index is 11.5. The predicted molar refractivity (Wildman–Crippen MR) is 57.2 cm³/mol. The van der Waals surface area contributed by atoms with E-state index < -0.39 is 0 Å². The van der Waals surface area contributed by atoms with Gasteiger partial charge in [0.25, 0.3) is 0 Å². The van der Waals surface area contributed by atoms with Gasteiger partial charge in [-0.25, -0.2) is 0 Å². The second-order valence-electron chi connectivity index (χ2n) is 5.34. The monoisotopic (exact) mass is 198 g/mol. The first-order chi connectivity index (χ1) is 6.50. The van der Waals surface area contributed by atoms with Gasteiger partial charge in [0.05, 0.1) is 0 Å². The minimum atomic E-state index is -0.254. The highest BCUT2D eigenvalue weighted by Crippen LogP contribution is 2.24. The summed E-state index contributed by atoms with van der Waals surface area (Å²) in [7, 11) is 0. The first kappa shape index (κ1) is 11.7. The lowest BCUT2D eigenvalue weighted by molar-refractivity contribution is -0.131. The molecule has 0 aliphatic heterocycles. The molecule has 0 aromatic carbocycles. The van der Waals surface area contributed by atoms with E-state index in [1.807, 2.05) is 20.8 Å². The summed E-state index contributed by atoms with van der Waals surface area (Å²) in [5.41, 5.74) is -0.254. The Morgan fingerprint density at radius 3 is 2.36 bits per heavy atom. The van der Waals surface area contributed by atoms with Crippen LogP contribution in [0.3, 0.4) is 0 Å². The Hall–Kier alpha value is -0.370. The van der Waals surface area contributed by atoms with E-state index in [-0.39, 0.29) is 11.2 Å². The summed E-state index contributed by atoms with van der Waals surface area (Å²) in [6, 6.07) is 0. The Morgan fingerprint density at radius 1 is 1.29 bits per heavy atom. The molecule has 0 bridgehead atoms. The number of carbonyl (C=O) groups is 1. The highest BCUT2D eigenvalue weighted by molar-refractivity contribution is 5.84. The van der Waals surface area contributed by atoms with Crippen molar-refractivity contribution in [3.8, 4) is 0 Å². The minimum Gasteiger partial charge on any atom is -0.373 e. The van der Waals surface area contributed by atoms with Crippen molar-refractivity contribution in [2.45, 2.75) is 46.5 Å². The van der Waals surface area contributed by atoms with Gasteiger partial charge >= 0.3 is 0 Å². The van der Waals surface area contributed by atoms with Crippen molar-refractivity contribution in [3.63, 3.8) is 0 Å². The fourth-order valence-corrected chi connectivity index (χ4v) is 1.71. The van der Waals surface area contributed by atoms with E-state index in [9.17, 15) is 4.79 Å². The van der Waals surface area contributed by atoms with Crippen LogP contribution < -0.4 is 0 Å².